The Morgan fingerprint density at radius 3 is 1.86 bits per heavy atom. The Bertz CT molecular complexity index is 1020. The molecule has 0 aliphatic heterocycles. The number of methoxy groups -OCH3 is 2. The number of aryl methyl sites for hydroxylation is 2. The molecule has 3 rings (SSSR count). The van der Waals surface area contributed by atoms with Gasteiger partial charge < -0.3 is 9.47 Å². The molecular weight excluding hydrogens is 372 g/mol. The molecule has 0 radical (unpaired) electrons. The summed E-state index contributed by atoms with van der Waals surface area (Å²) < 4.78 is 12.1. The van der Waals surface area contributed by atoms with Crippen molar-refractivity contribution in [3.05, 3.63) is 71.0 Å². The molecule has 2 N–H and O–H groups in total. The van der Waals surface area contributed by atoms with Crippen LogP contribution >= 0.6 is 0 Å². The van der Waals surface area contributed by atoms with Gasteiger partial charge in [-0.25, -0.2) is 4.68 Å². The molecule has 0 fully saturated rings. The molecule has 0 atom stereocenters. The van der Waals surface area contributed by atoms with E-state index in [2.05, 4.69) is 16.0 Å². The predicted molar refractivity (Wildman–Crippen MR) is 108 cm³/mol. The molecule has 29 heavy (non-hydrogen) atoms. The van der Waals surface area contributed by atoms with Gasteiger partial charge in [-0.2, -0.15) is 5.10 Å². The minimum Gasteiger partial charge on any atom is -0.497 e. The Kier molecular flexibility index (Phi) is 5.82. The molecule has 0 aliphatic rings. The summed E-state index contributed by atoms with van der Waals surface area (Å²) in [5.74, 6) is 0.0177. The fraction of sp³-hybridized carbons (Fsp3) is 0.190. The smallest absolute Gasteiger partial charge is 0.269 e. The van der Waals surface area contributed by atoms with Crippen LogP contribution in [0.1, 0.15) is 32.1 Å². The van der Waals surface area contributed by atoms with Gasteiger partial charge in [0.2, 0.25) is 0 Å². The summed E-state index contributed by atoms with van der Waals surface area (Å²) >= 11 is 0. The van der Waals surface area contributed by atoms with Crippen LogP contribution in [0.3, 0.4) is 0 Å². The quantitative estimate of drug-likeness (QED) is 0.649. The zero-order chi connectivity index (χ0) is 21.0. The molecule has 0 saturated carbocycles. The van der Waals surface area contributed by atoms with Crippen LogP contribution in [0.4, 0.5) is 0 Å². The normalized spacial score (nSPS) is 10.3. The largest absolute Gasteiger partial charge is 0.497 e. The van der Waals surface area contributed by atoms with Crippen LogP contribution < -0.4 is 20.3 Å². The summed E-state index contributed by atoms with van der Waals surface area (Å²) in [6.45, 7) is 3.88. The number of aromatic nitrogens is 2. The van der Waals surface area contributed by atoms with Gasteiger partial charge in [0.05, 0.1) is 25.6 Å². The number of nitrogens with one attached hydrogen (secondary N) is 2. The van der Waals surface area contributed by atoms with Gasteiger partial charge in [-0.05, 0) is 56.3 Å². The number of hydrazine groups is 1. The number of carbonyl (C=O) groups is 2. The van der Waals surface area contributed by atoms with E-state index in [1.165, 1.54) is 14.2 Å². The van der Waals surface area contributed by atoms with Crippen molar-refractivity contribution in [3.63, 3.8) is 0 Å². The molecule has 1 heterocycles. The van der Waals surface area contributed by atoms with Crippen LogP contribution in [0.25, 0.3) is 5.69 Å². The van der Waals surface area contributed by atoms with E-state index in [9.17, 15) is 9.59 Å². The summed E-state index contributed by atoms with van der Waals surface area (Å²) in [5, 5.41) is 4.41. The van der Waals surface area contributed by atoms with E-state index in [-0.39, 0.29) is 0 Å². The average Bonchev–Trinajstić information content (AvgIpc) is 3.09. The van der Waals surface area contributed by atoms with E-state index in [1.807, 2.05) is 19.9 Å². The molecular formula is C21H22N4O4. The van der Waals surface area contributed by atoms with Gasteiger partial charge in [0, 0.05) is 22.9 Å². The second-order valence-corrected chi connectivity index (χ2v) is 6.40. The third-order valence-electron chi connectivity index (χ3n) is 4.29. The Labute approximate surface area is 168 Å². The molecule has 0 unspecified atom stereocenters. The molecule has 150 valence electrons. The van der Waals surface area contributed by atoms with Crippen molar-refractivity contribution < 1.29 is 19.1 Å². The molecule has 2 aromatic carbocycles. The molecule has 1 aromatic heterocycles. The van der Waals surface area contributed by atoms with Gasteiger partial charge >= 0.3 is 0 Å². The fourth-order valence-corrected chi connectivity index (χ4v) is 2.84. The summed E-state index contributed by atoms with van der Waals surface area (Å²) in [6, 6.07) is 13.7. The Morgan fingerprint density at radius 1 is 0.828 bits per heavy atom. The van der Waals surface area contributed by atoms with Crippen molar-refractivity contribution in [2.24, 2.45) is 0 Å². The Hall–Kier alpha value is -3.81. The molecule has 0 spiro atoms. The molecule has 0 bridgehead atoms. The first-order valence-corrected chi connectivity index (χ1v) is 8.88. The summed E-state index contributed by atoms with van der Waals surface area (Å²) in [5.41, 5.74) is 8.26. The molecule has 0 saturated heterocycles. The van der Waals surface area contributed by atoms with Crippen LogP contribution in [0, 0.1) is 13.8 Å². The summed E-state index contributed by atoms with van der Waals surface area (Å²) in [6.07, 6.45) is 0. The van der Waals surface area contributed by atoms with Gasteiger partial charge in [0.1, 0.15) is 11.5 Å². The SMILES string of the molecule is COc1cc(OC)cc(C(=O)NNC(=O)c2ccc(-n3nc(C)cc3C)cc2)c1. The molecule has 0 aliphatic carbocycles. The first kappa shape index (κ1) is 19.9. The van der Waals surface area contributed by atoms with Gasteiger partial charge in [0.15, 0.2) is 0 Å². The van der Waals surface area contributed by atoms with Crippen molar-refractivity contribution in [3.8, 4) is 17.2 Å². The highest BCUT2D eigenvalue weighted by Gasteiger charge is 2.12. The lowest BCUT2D eigenvalue weighted by atomic mass is 10.2. The minimum absolute atomic E-state index is 0.293. The number of carbonyl (C=O) groups excluding carboxylic acids is 2. The van der Waals surface area contributed by atoms with Crippen molar-refractivity contribution in [2.45, 2.75) is 13.8 Å². The molecule has 8 nitrogen and oxygen atoms in total. The number of benzene rings is 2. The maximum Gasteiger partial charge on any atom is 0.269 e. The molecule has 2 amide bonds. The number of nitrogens with zero attached hydrogens (tertiary/aromatic N) is 2. The highest BCUT2D eigenvalue weighted by molar-refractivity contribution is 5.99. The highest BCUT2D eigenvalue weighted by atomic mass is 16.5. The van der Waals surface area contributed by atoms with Gasteiger partial charge in [0.25, 0.3) is 11.8 Å². The van der Waals surface area contributed by atoms with Crippen molar-refractivity contribution in [1.82, 2.24) is 20.6 Å². The fourth-order valence-electron chi connectivity index (χ4n) is 2.84. The number of hydrogen-bond donors (Lipinski definition) is 2. The van der Waals surface area contributed by atoms with Crippen molar-refractivity contribution >= 4 is 11.8 Å². The van der Waals surface area contributed by atoms with E-state index >= 15 is 0 Å². The summed E-state index contributed by atoms with van der Waals surface area (Å²) in [7, 11) is 2.99. The maximum atomic E-state index is 12.3. The number of hydrogen-bond acceptors (Lipinski definition) is 5. The van der Waals surface area contributed by atoms with E-state index < -0.39 is 11.8 Å². The summed E-state index contributed by atoms with van der Waals surface area (Å²) in [4.78, 5) is 24.7. The Morgan fingerprint density at radius 2 is 1.38 bits per heavy atom. The predicted octanol–water partition coefficient (Wildman–Crippen LogP) is 2.58. The van der Waals surface area contributed by atoms with Gasteiger partial charge in [-0.1, -0.05) is 0 Å². The topological polar surface area (TPSA) is 94.5 Å². The van der Waals surface area contributed by atoms with E-state index in [0.717, 1.165) is 17.1 Å². The Balaban J connectivity index is 1.66. The van der Waals surface area contributed by atoms with Crippen LogP contribution in [0.2, 0.25) is 0 Å². The standard InChI is InChI=1S/C21H22N4O4/c1-13-9-14(2)25(24-13)17-7-5-15(6-8-17)20(26)22-23-21(27)16-10-18(28-3)12-19(11-16)29-4/h5-12H,1-4H3,(H,22,26)(H,23,27). The number of rotatable bonds is 5. The first-order valence-electron chi connectivity index (χ1n) is 8.88. The minimum atomic E-state index is -0.491. The van der Waals surface area contributed by atoms with Crippen molar-refractivity contribution in [2.75, 3.05) is 14.2 Å². The van der Waals surface area contributed by atoms with Crippen LogP contribution in [0.15, 0.2) is 48.5 Å². The van der Waals surface area contributed by atoms with Gasteiger partial charge in [-0.15, -0.1) is 0 Å². The maximum absolute atomic E-state index is 12.3. The van der Waals surface area contributed by atoms with Crippen LogP contribution in [-0.2, 0) is 0 Å². The monoisotopic (exact) mass is 394 g/mol. The van der Waals surface area contributed by atoms with E-state index in [0.29, 0.717) is 22.6 Å². The molecule has 8 heteroatoms. The van der Waals surface area contributed by atoms with Crippen molar-refractivity contribution in [1.29, 1.82) is 0 Å². The zero-order valence-corrected chi connectivity index (χ0v) is 16.6. The zero-order valence-electron chi connectivity index (χ0n) is 16.6. The highest BCUT2D eigenvalue weighted by Crippen LogP contribution is 2.22. The lowest BCUT2D eigenvalue weighted by Crippen LogP contribution is -2.41. The van der Waals surface area contributed by atoms with E-state index in [4.69, 9.17) is 9.47 Å². The second-order valence-electron chi connectivity index (χ2n) is 6.40. The molecule has 3 aromatic rings. The second kappa shape index (κ2) is 8.47. The average molecular weight is 394 g/mol. The van der Waals surface area contributed by atoms with Crippen LogP contribution in [-0.4, -0.2) is 35.8 Å². The lowest BCUT2D eigenvalue weighted by Gasteiger charge is -2.10. The van der Waals surface area contributed by atoms with Crippen LogP contribution in [0.5, 0.6) is 11.5 Å². The third-order valence-corrected chi connectivity index (χ3v) is 4.29. The van der Waals surface area contributed by atoms with E-state index in [1.54, 1.807) is 47.1 Å². The number of ether oxygens (including phenoxy) is 2. The lowest BCUT2D eigenvalue weighted by molar-refractivity contribution is 0.0846. The number of amides is 2. The first-order chi connectivity index (χ1) is 13.9. The third kappa shape index (κ3) is 4.55. The van der Waals surface area contributed by atoms with Gasteiger partial charge in [-0.3, -0.25) is 20.4 Å².